The van der Waals surface area contributed by atoms with Gasteiger partial charge >= 0.3 is 0 Å². The summed E-state index contributed by atoms with van der Waals surface area (Å²) in [5.74, 6) is -0.0316. The first-order valence-electron chi connectivity index (χ1n) is 7.22. The molecule has 1 heterocycles. The minimum absolute atomic E-state index is 0.0164. The van der Waals surface area contributed by atoms with E-state index < -0.39 is 0 Å². The number of carbonyl (C=O) groups is 2. The lowest BCUT2D eigenvalue weighted by Gasteiger charge is -2.14. The fraction of sp³-hybridized carbons (Fsp3) is 0.111. The zero-order chi connectivity index (χ0) is 17.3. The molecule has 0 atom stereocenters. The monoisotopic (exact) mass is 341 g/mol. The van der Waals surface area contributed by atoms with Crippen LogP contribution in [0.25, 0.3) is 6.08 Å². The average molecular weight is 341 g/mol. The number of ether oxygens (including phenoxy) is 1. The number of methoxy groups -OCH3 is 1. The molecule has 1 fully saturated rings. The number of hydrogen-bond donors (Lipinski definition) is 1. The van der Waals surface area contributed by atoms with Gasteiger partial charge in [-0.05, 0) is 54.1 Å². The molecule has 0 aromatic heterocycles. The van der Waals surface area contributed by atoms with Crippen LogP contribution in [0.3, 0.4) is 0 Å². The molecular formula is C18H15NO4S. The highest BCUT2D eigenvalue weighted by molar-refractivity contribution is 8.19. The number of aromatic hydroxyl groups is 1. The third kappa shape index (κ3) is 2.88. The maximum absolute atomic E-state index is 12.6. The first kappa shape index (κ1) is 16.1. The van der Waals surface area contributed by atoms with E-state index in [1.165, 1.54) is 18.1 Å². The Kier molecular flexibility index (Phi) is 4.31. The van der Waals surface area contributed by atoms with Crippen molar-refractivity contribution >= 4 is 34.7 Å². The van der Waals surface area contributed by atoms with Crippen molar-refractivity contribution in [2.24, 2.45) is 0 Å². The highest BCUT2D eigenvalue weighted by Gasteiger charge is 2.36. The molecule has 2 amide bonds. The minimum atomic E-state index is -0.355. The van der Waals surface area contributed by atoms with Gasteiger partial charge in [0, 0.05) is 0 Å². The van der Waals surface area contributed by atoms with Crippen LogP contribution in [-0.4, -0.2) is 23.4 Å². The molecule has 1 aliphatic heterocycles. The minimum Gasteiger partial charge on any atom is -0.504 e. The molecule has 3 rings (SSSR count). The number of hydrogen-bond acceptors (Lipinski definition) is 5. The van der Waals surface area contributed by atoms with Crippen LogP contribution in [0.2, 0.25) is 0 Å². The van der Waals surface area contributed by atoms with E-state index in [1.54, 1.807) is 30.3 Å². The van der Waals surface area contributed by atoms with Crippen molar-refractivity contribution in [1.82, 2.24) is 0 Å². The van der Waals surface area contributed by atoms with E-state index in [0.29, 0.717) is 21.9 Å². The quantitative estimate of drug-likeness (QED) is 0.856. The summed E-state index contributed by atoms with van der Waals surface area (Å²) in [5.41, 5.74) is 2.11. The van der Waals surface area contributed by atoms with Crippen LogP contribution in [0.5, 0.6) is 11.5 Å². The van der Waals surface area contributed by atoms with Gasteiger partial charge < -0.3 is 9.84 Å². The molecule has 1 saturated heterocycles. The fourth-order valence-electron chi connectivity index (χ4n) is 2.43. The normalized spacial score (nSPS) is 16.1. The van der Waals surface area contributed by atoms with Crippen LogP contribution in [0.1, 0.15) is 11.1 Å². The van der Waals surface area contributed by atoms with Crippen LogP contribution in [-0.2, 0) is 4.79 Å². The van der Waals surface area contributed by atoms with E-state index in [9.17, 15) is 14.7 Å². The van der Waals surface area contributed by atoms with Gasteiger partial charge in [0.15, 0.2) is 11.5 Å². The van der Waals surface area contributed by atoms with Gasteiger partial charge in [-0.25, -0.2) is 4.90 Å². The van der Waals surface area contributed by atoms with E-state index in [1.807, 2.05) is 19.1 Å². The SMILES string of the molecule is COc1cc(/C=C2/SC(=O)N(c3ccccc3C)C2=O)ccc1O. The Bertz CT molecular complexity index is 860. The average Bonchev–Trinajstić information content (AvgIpc) is 2.84. The summed E-state index contributed by atoms with van der Waals surface area (Å²) in [5, 5.41) is 9.30. The summed E-state index contributed by atoms with van der Waals surface area (Å²) < 4.78 is 5.06. The van der Waals surface area contributed by atoms with Gasteiger partial charge in [0.1, 0.15) is 0 Å². The third-order valence-electron chi connectivity index (χ3n) is 3.65. The highest BCUT2D eigenvalue weighted by Crippen LogP contribution is 2.37. The van der Waals surface area contributed by atoms with Crippen LogP contribution in [0, 0.1) is 6.92 Å². The van der Waals surface area contributed by atoms with Gasteiger partial charge in [-0.15, -0.1) is 0 Å². The van der Waals surface area contributed by atoms with Crippen LogP contribution < -0.4 is 9.64 Å². The first-order valence-corrected chi connectivity index (χ1v) is 8.03. The van der Waals surface area contributed by atoms with Crippen molar-refractivity contribution in [2.45, 2.75) is 6.92 Å². The maximum Gasteiger partial charge on any atom is 0.298 e. The molecule has 5 nitrogen and oxygen atoms in total. The van der Waals surface area contributed by atoms with Crippen LogP contribution >= 0.6 is 11.8 Å². The molecule has 122 valence electrons. The number of thioether (sulfide) groups is 1. The van der Waals surface area contributed by atoms with Gasteiger partial charge in [0.2, 0.25) is 0 Å². The standard InChI is InChI=1S/C18H15NO4S/c1-11-5-3-4-6-13(11)19-17(21)16(24-18(19)22)10-12-7-8-14(20)15(9-12)23-2/h3-10,20H,1-2H3/b16-10+. The summed E-state index contributed by atoms with van der Waals surface area (Å²) >= 11 is 0.893. The van der Waals surface area contributed by atoms with Gasteiger partial charge in [-0.2, -0.15) is 0 Å². The highest BCUT2D eigenvalue weighted by atomic mass is 32.2. The largest absolute Gasteiger partial charge is 0.504 e. The lowest BCUT2D eigenvalue weighted by Crippen LogP contribution is -2.28. The van der Waals surface area contributed by atoms with Gasteiger partial charge in [0.25, 0.3) is 11.1 Å². The number of benzene rings is 2. The molecule has 0 unspecified atom stereocenters. The van der Waals surface area contributed by atoms with Crippen LogP contribution in [0.15, 0.2) is 47.4 Å². The molecule has 1 N–H and O–H groups in total. The Morgan fingerprint density at radius 3 is 2.62 bits per heavy atom. The van der Waals surface area contributed by atoms with Gasteiger partial charge in [-0.3, -0.25) is 9.59 Å². The summed E-state index contributed by atoms with van der Waals surface area (Å²) in [7, 11) is 1.45. The summed E-state index contributed by atoms with van der Waals surface area (Å²) in [6, 6.07) is 12.0. The third-order valence-corrected chi connectivity index (χ3v) is 4.52. The predicted octanol–water partition coefficient (Wildman–Crippen LogP) is 3.95. The number of phenols is 1. The fourth-order valence-corrected chi connectivity index (χ4v) is 3.26. The van der Waals surface area contributed by atoms with Crippen molar-refractivity contribution in [3.8, 4) is 11.5 Å². The summed E-state index contributed by atoms with van der Waals surface area (Å²) in [6.07, 6.45) is 1.62. The number of imide groups is 1. The number of nitrogens with zero attached hydrogens (tertiary/aromatic N) is 1. The predicted molar refractivity (Wildman–Crippen MR) is 94.3 cm³/mol. The number of phenolic OH excluding ortho intramolecular Hbond substituents is 1. The Morgan fingerprint density at radius 1 is 1.17 bits per heavy atom. The second-order valence-corrected chi connectivity index (χ2v) is 6.23. The van der Waals surface area contributed by atoms with Gasteiger partial charge in [0.05, 0.1) is 17.7 Å². The molecule has 2 aromatic carbocycles. The Hall–Kier alpha value is -2.73. The number of anilines is 1. The van der Waals surface area contributed by atoms with E-state index in [2.05, 4.69) is 0 Å². The molecule has 0 saturated carbocycles. The van der Waals surface area contributed by atoms with Crippen molar-refractivity contribution in [3.05, 3.63) is 58.5 Å². The molecule has 24 heavy (non-hydrogen) atoms. The molecule has 0 radical (unpaired) electrons. The summed E-state index contributed by atoms with van der Waals surface area (Å²) in [6.45, 7) is 1.85. The van der Waals surface area contributed by atoms with Crippen LogP contribution in [0.4, 0.5) is 10.5 Å². The molecule has 1 aliphatic rings. The number of amides is 2. The van der Waals surface area contributed by atoms with Crippen molar-refractivity contribution in [1.29, 1.82) is 0 Å². The second-order valence-electron chi connectivity index (χ2n) is 5.23. The molecule has 6 heteroatoms. The van der Waals surface area contributed by atoms with Gasteiger partial charge in [-0.1, -0.05) is 24.3 Å². The Labute approximate surface area is 143 Å². The van der Waals surface area contributed by atoms with E-state index in [4.69, 9.17) is 4.74 Å². The zero-order valence-electron chi connectivity index (χ0n) is 13.1. The summed E-state index contributed by atoms with van der Waals surface area (Å²) in [4.78, 5) is 26.4. The Balaban J connectivity index is 1.96. The smallest absolute Gasteiger partial charge is 0.298 e. The second kappa shape index (κ2) is 6.41. The number of carbonyl (C=O) groups excluding carboxylic acids is 2. The lowest BCUT2D eigenvalue weighted by atomic mass is 10.1. The van der Waals surface area contributed by atoms with E-state index >= 15 is 0 Å². The van der Waals surface area contributed by atoms with Crippen molar-refractivity contribution in [3.63, 3.8) is 0 Å². The lowest BCUT2D eigenvalue weighted by molar-refractivity contribution is -0.113. The van der Waals surface area contributed by atoms with E-state index in [-0.39, 0.29) is 16.9 Å². The topological polar surface area (TPSA) is 66.8 Å². The maximum atomic E-state index is 12.6. The van der Waals surface area contributed by atoms with Crippen molar-refractivity contribution in [2.75, 3.05) is 12.0 Å². The first-order chi connectivity index (χ1) is 11.5. The molecule has 2 aromatic rings. The van der Waals surface area contributed by atoms with E-state index in [0.717, 1.165) is 17.3 Å². The number of aryl methyl sites for hydroxylation is 1. The zero-order valence-corrected chi connectivity index (χ0v) is 14.0. The molecular weight excluding hydrogens is 326 g/mol. The molecule has 0 spiro atoms. The molecule has 0 bridgehead atoms. The number of para-hydroxylation sites is 1. The van der Waals surface area contributed by atoms with Crippen molar-refractivity contribution < 1.29 is 19.4 Å². The number of rotatable bonds is 3. The Morgan fingerprint density at radius 2 is 1.92 bits per heavy atom. The molecule has 0 aliphatic carbocycles.